The van der Waals surface area contributed by atoms with Crippen molar-refractivity contribution in [2.45, 2.75) is 24.3 Å². The second kappa shape index (κ2) is 5.44. The first-order chi connectivity index (χ1) is 8.26. The van der Waals surface area contributed by atoms with Crippen LogP contribution in [0.15, 0.2) is 23.1 Å². The minimum atomic E-state index is -0.260. The van der Waals surface area contributed by atoms with Crippen molar-refractivity contribution in [1.82, 2.24) is 0 Å². The summed E-state index contributed by atoms with van der Waals surface area (Å²) < 4.78 is 0. The van der Waals surface area contributed by atoms with Crippen molar-refractivity contribution < 1.29 is 5.11 Å². The van der Waals surface area contributed by atoms with Gasteiger partial charge < -0.3 is 10.0 Å². The summed E-state index contributed by atoms with van der Waals surface area (Å²) in [4.78, 5) is 3.14. The number of aliphatic hydroxyl groups excluding tert-OH is 1. The molecule has 0 amide bonds. The van der Waals surface area contributed by atoms with Crippen LogP contribution in [-0.4, -0.2) is 30.1 Å². The summed E-state index contributed by atoms with van der Waals surface area (Å²) in [5.74, 6) is 0.959. The van der Waals surface area contributed by atoms with Crippen LogP contribution in [0, 0.1) is 11.3 Å². The van der Waals surface area contributed by atoms with E-state index in [2.05, 4.69) is 17.9 Å². The van der Waals surface area contributed by atoms with Crippen molar-refractivity contribution >= 4 is 17.4 Å². The summed E-state index contributed by atoms with van der Waals surface area (Å²) in [6.07, 6.45) is 0.528. The average Bonchev–Trinajstić information content (AvgIpc) is 2.76. The molecular weight excluding hydrogens is 232 g/mol. The van der Waals surface area contributed by atoms with E-state index in [1.165, 1.54) is 0 Å². The van der Waals surface area contributed by atoms with Gasteiger partial charge in [0, 0.05) is 18.0 Å². The van der Waals surface area contributed by atoms with Crippen molar-refractivity contribution in [3.63, 3.8) is 0 Å². The lowest BCUT2D eigenvalue weighted by Crippen LogP contribution is -2.22. The Hall–Kier alpha value is -1.18. The second-order valence-corrected chi connectivity index (χ2v) is 5.39. The van der Waals surface area contributed by atoms with E-state index in [0.29, 0.717) is 6.54 Å². The molecule has 90 valence electrons. The Morgan fingerprint density at radius 1 is 1.59 bits per heavy atom. The molecule has 0 aromatic heterocycles. The van der Waals surface area contributed by atoms with Gasteiger partial charge in [0.25, 0.3) is 0 Å². The topological polar surface area (TPSA) is 47.3 Å². The van der Waals surface area contributed by atoms with Crippen molar-refractivity contribution in [2.75, 3.05) is 23.7 Å². The van der Waals surface area contributed by atoms with Crippen LogP contribution in [0.4, 0.5) is 5.69 Å². The Balaban J connectivity index is 2.33. The summed E-state index contributed by atoms with van der Waals surface area (Å²) in [7, 11) is 0. The van der Waals surface area contributed by atoms with E-state index >= 15 is 0 Å². The molecule has 1 heterocycles. The molecule has 0 saturated carbocycles. The van der Waals surface area contributed by atoms with Gasteiger partial charge in [0.1, 0.15) is 6.07 Å². The Kier molecular flexibility index (Phi) is 3.93. The molecule has 0 radical (unpaired) electrons. The molecule has 1 N–H and O–H groups in total. The van der Waals surface area contributed by atoms with Gasteiger partial charge in [-0.05, 0) is 24.3 Å². The quantitative estimate of drug-likeness (QED) is 0.833. The Bertz CT molecular complexity index is 442. The highest BCUT2D eigenvalue weighted by molar-refractivity contribution is 7.99. The number of aliphatic hydroxyl groups is 1. The maximum Gasteiger partial charge on any atom is 0.103 e. The van der Waals surface area contributed by atoms with E-state index < -0.39 is 0 Å². The predicted molar refractivity (Wildman–Crippen MR) is 70.4 cm³/mol. The van der Waals surface area contributed by atoms with Crippen LogP contribution in [0.2, 0.25) is 0 Å². The molecule has 1 aliphatic rings. The number of benzene rings is 1. The predicted octanol–water partition coefficient (Wildman–Crippen LogP) is 2.24. The number of anilines is 1. The number of nitrogens with zero attached hydrogens (tertiary/aromatic N) is 2. The van der Waals surface area contributed by atoms with Gasteiger partial charge in [0.2, 0.25) is 0 Å². The molecule has 2 rings (SSSR count). The lowest BCUT2D eigenvalue weighted by molar-refractivity contribution is 0.198. The van der Waals surface area contributed by atoms with Crippen LogP contribution < -0.4 is 4.90 Å². The zero-order valence-electron chi connectivity index (χ0n) is 9.89. The molecule has 1 aromatic rings. The Morgan fingerprint density at radius 2 is 2.41 bits per heavy atom. The summed E-state index contributed by atoms with van der Waals surface area (Å²) in [5, 5.41) is 18.9. The van der Waals surface area contributed by atoms with Crippen LogP contribution in [-0.2, 0) is 0 Å². The van der Waals surface area contributed by atoms with E-state index in [9.17, 15) is 10.4 Å². The maximum atomic E-state index is 9.57. The van der Waals surface area contributed by atoms with E-state index in [1.807, 2.05) is 18.2 Å². The van der Waals surface area contributed by atoms with Crippen LogP contribution in [0.3, 0.4) is 0 Å². The fourth-order valence-electron chi connectivity index (χ4n) is 2.13. The lowest BCUT2D eigenvalue weighted by atomic mass is 10.2. The fraction of sp³-hybridized carbons (Fsp3) is 0.462. The molecule has 0 bridgehead atoms. The SMILES string of the molecule is CCSc1cccc(N2CC[C@@H](O)C2)c1C#N. The Morgan fingerprint density at radius 3 is 3.00 bits per heavy atom. The van der Waals surface area contributed by atoms with E-state index in [1.54, 1.807) is 11.8 Å². The number of rotatable bonds is 3. The van der Waals surface area contributed by atoms with Gasteiger partial charge >= 0.3 is 0 Å². The summed E-state index contributed by atoms with van der Waals surface area (Å²) in [6, 6.07) is 8.24. The minimum Gasteiger partial charge on any atom is -0.391 e. The second-order valence-electron chi connectivity index (χ2n) is 4.08. The van der Waals surface area contributed by atoms with E-state index in [-0.39, 0.29) is 6.10 Å². The molecular formula is C13H16N2OS. The highest BCUT2D eigenvalue weighted by Crippen LogP contribution is 2.31. The van der Waals surface area contributed by atoms with Crippen LogP contribution >= 0.6 is 11.8 Å². The Labute approximate surface area is 106 Å². The van der Waals surface area contributed by atoms with Gasteiger partial charge in [0.05, 0.1) is 17.4 Å². The molecule has 1 aliphatic heterocycles. The summed E-state index contributed by atoms with van der Waals surface area (Å²) in [6.45, 7) is 3.54. The van der Waals surface area contributed by atoms with Crippen molar-refractivity contribution in [2.24, 2.45) is 0 Å². The first kappa shape index (κ1) is 12.3. The standard InChI is InChI=1S/C13H16N2OS/c1-2-17-13-5-3-4-12(11(13)8-14)15-7-6-10(16)9-15/h3-5,10,16H,2,6-7,9H2,1H3/t10-/m1/s1. The van der Waals surface area contributed by atoms with Crippen LogP contribution in [0.25, 0.3) is 0 Å². The lowest BCUT2D eigenvalue weighted by Gasteiger charge is -2.20. The van der Waals surface area contributed by atoms with Crippen molar-refractivity contribution in [1.29, 1.82) is 5.26 Å². The smallest absolute Gasteiger partial charge is 0.103 e. The van der Waals surface area contributed by atoms with Gasteiger partial charge in [-0.2, -0.15) is 5.26 Å². The van der Waals surface area contributed by atoms with Crippen molar-refractivity contribution in [3.8, 4) is 6.07 Å². The van der Waals surface area contributed by atoms with Gasteiger partial charge in [-0.15, -0.1) is 11.8 Å². The largest absolute Gasteiger partial charge is 0.391 e. The van der Waals surface area contributed by atoms with E-state index in [4.69, 9.17) is 0 Å². The summed E-state index contributed by atoms with van der Waals surface area (Å²) >= 11 is 1.69. The van der Waals surface area contributed by atoms with Crippen LogP contribution in [0.5, 0.6) is 0 Å². The number of nitriles is 1. The molecule has 0 aliphatic carbocycles. The molecule has 17 heavy (non-hydrogen) atoms. The molecule has 0 spiro atoms. The number of hydrogen-bond donors (Lipinski definition) is 1. The normalized spacial score (nSPS) is 19.4. The van der Waals surface area contributed by atoms with Gasteiger partial charge in [-0.3, -0.25) is 0 Å². The fourth-order valence-corrected chi connectivity index (χ4v) is 2.91. The van der Waals surface area contributed by atoms with E-state index in [0.717, 1.165) is 34.9 Å². The van der Waals surface area contributed by atoms with Crippen LogP contribution in [0.1, 0.15) is 18.9 Å². The van der Waals surface area contributed by atoms with Gasteiger partial charge in [-0.25, -0.2) is 0 Å². The molecule has 1 fully saturated rings. The minimum absolute atomic E-state index is 0.260. The maximum absolute atomic E-state index is 9.57. The highest BCUT2D eigenvalue weighted by atomic mass is 32.2. The van der Waals surface area contributed by atoms with Crippen molar-refractivity contribution in [3.05, 3.63) is 23.8 Å². The number of β-amino-alcohol motifs (C(OH)–C–C–N with tert-alkyl or cyclic N) is 1. The number of thioether (sulfide) groups is 1. The first-order valence-electron chi connectivity index (χ1n) is 5.85. The number of hydrogen-bond acceptors (Lipinski definition) is 4. The molecule has 3 nitrogen and oxygen atoms in total. The van der Waals surface area contributed by atoms with Gasteiger partial charge in [-0.1, -0.05) is 13.0 Å². The molecule has 0 unspecified atom stereocenters. The zero-order valence-corrected chi connectivity index (χ0v) is 10.7. The molecule has 1 aromatic carbocycles. The average molecular weight is 248 g/mol. The third-order valence-corrected chi connectivity index (χ3v) is 3.86. The summed E-state index contributed by atoms with van der Waals surface area (Å²) in [5.41, 5.74) is 1.70. The zero-order chi connectivity index (χ0) is 12.3. The third-order valence-electron chi connectivity index (χ3n) is 2.92. The highest BCUT2D eigenvalue weighted by Gasteiger charge is 2.23. The molecule has 1 atom stereocenters. The third kappa shape index (κ3) is 2.56. The molecule has 1 saturated heterocycles. The monoisotopic (exact) mass is 248 g/mol. The first-order valence-corrected chi connectivity index (χ1v) is 6.83. The molecule has 4 heteroatoms. The van der Waals surface area contributed by atoms with Gasteiger partial charge in [0.15, 0.2) is 0 Å².